The molecule has 0 saturated carbocycles. The van der Waals surface area contributed by atoms with E-state index >= 15 is 0 Å². The van der Waals surface area contributed by atoms with Crippen LogP contribution in [0.4, 0.5) is 0 Å². The second-order valence-corrected chi connectivity index (χ2v) is 10.9. The van der Waals surface area contributed by atoms with Crippen molar-refractivity contribution < 1.29 is 4.79 Å². The number of nitrogens with one attached hydrogen (secondary N) is 1. The molecule has 4 heterocycles. The first-order valence-corrected chi connectivity index (χ1v) is 13.4. The highest BCUT2D eigenvalue weighted by Crippen LogP contribution is 2.36. The van der Waals surface area contributed by atoms with Crippen LogP contribution in [0.25, 0.3) is 5.70 Å². The molecule has 0 aliphatic carbocycles. The van der Waals surface area contributed by atoms with Crippen molar-refractivity contribution in [3.8, 4) is 0 Å². The summed E-state index contributed by atoms with van der Waals surface area (Å²) in [4.78, 5) is 20.3. The zero-order valence-electron chi connectivity index (χ0n) is 20.0. The van der Waals surface area contributed by atoms with Gasteiger partial charge in [0.25, 0.3) is 5.91 Å². The first-order valence-electron chi connectivity index (χ1n) is 12.6. The highest BCUT2D eigenvalue weighted by Gasteiger charge is 2.43. The predicted octanol–water partition coefficient (Wildman–Crippen LogP) is 4.70. The molecule has 0 spiro atoms. The Morgan fingerprint density at radius 3 is 2.49 bits per heavy atom. The second-order valence-electron chi connectivity index (χ2n) is 9.99. The quantitative estimate of drug-likeness (QED) is 0.608. The van der Waals surface area contributed by atoms with Crippen molar-refractivity contribution in [3.05, 3.63) is 99.8 Å². The average Bonchev–Trinajstić information content (AvgIpc) is 3.56. The summed E-state index contributed by atoms with van der Waals surface area (Å²) in [5.74, 6) is 1.30. The fraction of sp³-hybridized carbons (Fsp3) is 0.345. The van der Waals surface area contributed by atoms with Gasteiger partial charge in [-0.15, -0.1) is 0 Å². The molecular formula is C29H31BrN4O. The van der Waals surface area contributed by atoms with E-state index in [-0.39, 0.29) is 12.1 Å². The van der Waals surface area contributed by atoms with Crippen molar-refractivity contribution in [2.45, 2.75) is 19.5 Å². The highest BCUT2D eigenvalue weighted by molar-refractivity contribution is 9.10. The number of aryl methyl sites for hydroxylation is 1. The van der Waals surface area contributed by atoms with Crippen LogP contribution in [0, 0.1) is 11.8 Å². The maximum absolute atomic E-state index is 13.3. The predicted molar refractivity (Wildman–Crippen MR) is 143 cm³/mol. The molecule has 3 atom stereocenters. The number of nitrogens with zero attached hydrogens (tertiary/aromatic N) is 3. The summed E-state index contributed by atoms with van der Waals surface area (Å²) >= 11 is 3.56. The molecule has 0 bridgehead atoms. The number of carbonyl (C=O) groups excluding carboxylic acids is 1. The monoisotopic (exact) mass is 530 g/mol. The van der Waals surface area contributed by atoms with Gasteiger partial charge in [-0.05, 0) is 59.7 Å². The Morgan fingerprint density at radius 2 is 1.74 bits per heavy atom. The lowest BCUT2D eigenvalue weighted by molar-refractivity contribution is 0.0773. The van der Waals surface area contributed by atoms with Crippen LogP contribution in [0.5, 0.6) is 0 Å². The van der Waals surface area contributed by atoms with E-state index in [1.165, 1.54) is 17.0 Å². The summed E-state index contributed by atoms with van der Waals surface area (Å²) in [5, 5.41) is 3.73. The Hall–Kier alpha value is -2.83. The highest BCUT2D eigenvalue weighted by atomic mass is 79.9. The van der Waals surface area contributed by atoms with E-state index in [1.807, 2.05) is 18.2 Å². The molecule has 4 aliphatic heterocycles. The van der Waals surface area contributed by atoms with E-state index in [0.717, 1.165) is 54.7 Å². The van der Waals surface area contributed by atoms with Crippen LogP contribution in [-0.4, -0.2) is 59.5 Å². The van der Waals surface area contributed by atoms with Gasteiger partial charge in [-0.2, -0.15) is 0 Å². The van der Waals surface area contributed by atoms with E-state index in [0.29, 0.717) is 11.8 Å². The molecule has 6 heteroatoms. The minimum absolute atomic E-state index is 0.169. The fourth-order valence-electron chi connectivity index (χ4n) is 6.06. The largest absolute Gasteiger partial charge is 0.360 e. The van der Waals surface area contributed by atoms with Gasteiger partial charge in [0.1, 0.15) is 6.17 Å². The normalized spacial score (nSPS) is 25.3. The van der Waals surface area contributed by atoms with Gasteiger partial charge in [0.05, 0.1) is 11.4 Å². The summed E-state index contributed by atoms with van der Waals surface area (Å²) in [6, 6.07) is 16.6. The molecule has 2 saturated heterocycles. The summed E-state index contributed by atoms with van der Waals surface area (Å²) in [7, 11) is 0. The third-order valence-electron chi connectivity index (χ3n) is 7.83. The van der Waals surface area contributed by atoms with Crippen molar-refractivity contribution in [1.29, 1.82) is 0 Å². The molecule has 2 aromatic carbocycles. The molecule has 4 aliphatic rings. The number of likely N-dealkylation sites (tertiary alicyclic amines) is 2. The van der Waals surface area contributed by atoms with E-state index in [2.05, 4.69) is 97.6 Å². The maximum atomic E-state index is 13.3. The molecular weight excluding hydrogens is 500 g/mol. The summed E-state index contributed by atoms with van der Waals surface area (Å²) in [6.07, 6.45) is 9.67. The molecule has 1 N–H and O–H groups in total. The zero-order valence-corrected chi connectivity index (χ0v) is 21.6. The molecule has 6 rings (SSSR count). The average molecular weight is 531 g/mol. The molecule has 0 aromatic heterocycles. The van der Waals surface area contributed by atoms with Crippen molar-refractivity contribution >= 4 is 27.5 Å². The number of halogens is 1. The third-order valence-corrected chi connectivity index (χ3v) is 8.36. The lowest BCUT2D eigenvalue weighted by Crippen LogP contribution is -2.37. The van der Waals surface area contributed by atoms with Crippen LogP contribution in [0.15, 0.2) is 83.1 Å². The Bertz CT molecular complexity index is 1200. The number of hydrogen-bond donors (Lipinski definition) is 1. The smallest absolute Gasteiger partial charge is 0.254 e. The van der Waals surface area contributed by atoms with E-state index < -0.39 is 0 Å². The van der Waals surface area contributed by atoms with Crippen LogP contribution >= 0.6 is 15.9 Å². The van der Waals surface area contributed by atoms with E-state index in [1.54, 1.807) is 0 Å². The Kier molecular flexibility index (Phi) is 6.02. The molecule has 35 heavy (non-hydrogen) atoms. The van der Waals surface area contributed by atoms with Crippen LogP contribution in [-0.2, 0) is 6.42 Å². The number of fused-ring (bicyclic) bond motifs is 2. The number of carbonyl (C=O) groups is 1. The molecule has 2 aromatic rings. The van der Waals surface area contributed by atoms with Crippen LogP contribution in [0.2, 0.25) is 0 Å². The first-order chi connectivity index (χ1) is 17.1. The molecule has 180 valence electrons. The zero-order chi connectivity index (χ0) is 23.9. The molecule has 0 radical (unpaired) electrons. The number of benzene rings is 2. The van der Waals surface area contributed by atoms with Crippen LogP contribution in [0.3, 0.4) is 0 Å². The van der Waals surface area contributed by atoms with Crippen molar-refractivity contribution in [2.75, 3.05) is 32.7 Å². The lowest BCUT2D eigenvalue weighted by Gasteiger charge is -2.28. The van der Waals surface area contributed by atoms with E-state index in [4.69, 9.17) is 0 Å². The van der Waals surface area contributed by atoms with Gasteiger partial charge in [0.2, 0.25) is 0 Å². The SMILES string of the molecule is CCc1ccccc1C(=O)N1CC2CN(CC3=C(c4ccc(Br)cc4)NC4C=CC=CN34)CC2C1. The standard InChI is InChI=1S/C29H31BrN4O/c1-2-20-7-3-4-8-25(20)29(35)33-17-22-15-32(16-23(22)18-33)19-26-28(21-10-12-24(30)13-11-21)31-27-9-5-6-14-34(26)27/h3-14,22-23,27,31H,2,15-19H2,1H3. The van der Waals surface area contributed by atoms with Crippen molar-refractivity contribution in [3.63, 3.8) is 0 Å². The molecule has 3 unspecified atom stereocenters. The van der Waals surface area contributed by atoms with Gasteiger partial charge in [-0.1, -0.05) is 59.3 Å². The van der Waals surface area contributed by atoms with Crippen LogP contribution in [0.1, 0.15) is 28.4 Å². The summed E-state index contributed by atoms with van der Waals surface area (Å²) < 4.78 is 1.09. The maximum Gasteiger partial charge on any atom is 0.254 e. The minimum Gasteiger partial charge on any atom is -0.360 e. The van der Waals surface area contributed by atoms with Gasteiger partial charge in [0, 0.05) is 49.0 Å². The Labute approximate surface area is 215 Å². The number of amides is 1. The van der Waals surface area contributed by atoms with Gasteiger partial charge in [-0.3, -0.25) is 9.69 Å². The Morgan fingerprint density at radius 1 is 1.00 bits per heavy atom. The summed E-state index contributed by atoms with van der Waals surface area (Å²) in [5.41, 5.74) is 5.77. The number of hydrogen-bond acceptors (Lipinski definition) is 4. The fourth-order valence-corrected chi connectivity index (χ4v) is 6.33. The third kappa shape index (κ3) is 4.23. The van der Waals surface area contributed by atoms with E-state index in [9.17, 15) is 4.79 Å². The number of rotatable bonds is 5. The lowest BCUT2D eigenvalue weighted by atomic mass is 10.0. The Balaban J connectivity index is 1.17. The minimum atomic E-state index is 0.169. The van der Waals surface area contributed by atoms with Gasteiger partial charge < -0.3 is 15.1 Å². The van der Waals surface area contributed by atoms with Gasteiger partial charge in [-0.25, -0.2) is 0 Å². The number of allylic oxidation sites excluding steroid dienone is 2. The second kappa shape index (κ2) is 9.32. The molecule has 2 fully saturated rings. The molecule has 1 amide bonds. The van der Waals surface area contributed by atoms with Crippen molar-refractivity contribution in [1.82, 2.24) is 20.0 Å². The molecule has 5 nitrogen and oxygen atoms in total. The van der Waals surface area contributed by atoms with Gasteiger partial charge in [0.15, 0.2) is 0 Å². The van der Waals surface area contributed by atoms with Gasteiger partial charge >= 0.3 is 0 Å². The first kappa shape index (κ1) is 22.6. The van der Waals surface area contributed by atoms with Crippen LogP contribution < -0.4 is 5.32 Å². The van der Waals surface area contributed by atoms with Crippen molar-refractivity contribution in [2.24, 2.45) is 11.8 Å². The topological polar surface area (TPSA) is 38.8 Å². The summed E-state index contributed by atoms with van der Waals surface area (Å²) in [6.45, 7) is 6.84.